The van der Waals surface area contributed by atoms with Crippen LogP contribution in [0, 0.1) is 0 Å². The van der Waals surface area contributed by atoms with E-state index >= 15 is 0 Å². The van der Waals surface area contributed by atoms with Crippen molar-refractivity contribution in [2.45, 2.75) is 43.8 Å². The zero-order valence-electron chi connectivity index (χ0n) is 15.1. The maximum Gasteiger partial charge on any atom is 0.252 e. The average molecular weight is 358 g/mol. The molecule has 1 amide bonds. The fourth-order valence-electron chi connectivity index (χ4n) is 4.46. The molecule has 2 saturated heterocycles. The summed E-state index contributed by atoms with van der Waals surface area (Å²) in [5, 5.41) is 7.80. The second-order valence-electron chi connectivity index (χ2n) is 7.59. The lowest BCUT2D eigenvalue weighted by atomic mass is 9.98. The average Bonchev–Trinajstić information content (AvgIpc) is 3.06. The molecule has 2 aliphatic heterocycles. The van der Waals surface area contributed by atoms with Gasteiger partial charge in [0.1, 0.15) is 0 Å². The number of amides is 1. The molecule has 136 valence electrons. The fraction of sp³-hybridized carbons (Fsp3) is 0.318. The van der Waals surface area contributed by atoms with Crippen molar-refractivity contribution in [1.82, 2.24) is 20.6 Å². The van der Waals surface area contributed by atoms with E-state index in [1.165, 1.54) is 12.8 Å². The summed E-state index contributed by atoms with van der Waals surface area (Å²) in [7, 11) is 0. The summed E-state index contributed by atoms with van der Waals surface area (Å²) in [4.78, 5) is 22.1. The van der Waals surface area contributed by atoms with E-state index in [-0.39, 0.29) is 11.9 Å². The highest BCUT2D eigenvalue weighted by Gasteiger charge is 2.34. The number of hydrogen-bond donors (Lipinski definition) is 2. The molecule has 5 nitrogen and oxygen atoms in total. The Hall–Kier alpha value is -2.79. The predicted molar refractivity (Wildman–Crippen MR) is 105 cm³/mol. The van der Waals surface area contributed by atoms with E-state index in [9.17, 15) is 4.79 Å². The molecule has 2 N–H and O–H groups in total. The lowest BCUT2D eigenvalue weighted by molar-refractivity contribution is 0.0925. The molecule has 4 heterocycles. The summed E-state index contributed by atoms with van der Waals surface area (Å²) < 4.78 is 0. The van der Waals surface area contributed by atoms with Crippen molar-refractivity contribution >= 4 is 16.8 Å². The van der Waals surface area contributed by atoms with Crippen LogP contribution in [-0.4, -0.2) is 34.0 Å². The number of nitrogens with zero attached hydrogens (tertiary/aromatic N) is 2. The molecular formula is C22H22N4O. The molecule has 0 radical (unpaired) electrons. The molecule has 2 fully saturated rings. The van der Waals surface area contributed by atoms with Crippen LogP contribution in [-0.2, 0) is 0 Å². The standard InChI is InChI=1S/C22H22N4O/c27-22(25-17-10-15-7-8-16(11-17)24-15)19-12-21(14-4-3-9-23-13-14)26-20-6-2-1-5-18(19)20/h1-6,9,12-13,15-17,24H,7-8,10-11H2,(H,25,27). The van der Waals surface area contributed by atoms with Crippen LogP contribution in [0.2, 0.25) is 0 Å². The van der Waals surface area contributed by atoms with E-state index in [4.69, 9.17) is 4.98 Å². The third-order valence-electron chi connectivity index (χ3n) is 5.73. The van der Waals surface area contributed by atoms with E-state index in [0.29, 0.717) is 17.6 Å². The fourth-order valence-corrected chi connectivity index (χ4v) is 4.46. The van der Waals surface area contributed by atoms with Crippen molar-refractivity contribution in [3.05, 3.63) is 60.4 Å². The van der Waals surface area contributed by atoms with E-state index in [0.717, 1.165) is 35.0 Å². The van der Waals surface area contributed by atoms with Crippen LogP contribution >= 0.6 is 0 Å². The Kier molecular flexibility index (Phi) is 4.09. The Morgan fingerprint density at radius 1 is 1.07 bits per heavy atom. The van der Waals surface area contributed by atoms with Gasteiger partial charge in [-0.3, -0.25) is 9.78 Å². The van der Waals surface area contributed by atoms with Gasteiger partial charge in [-0.2, -0.15) is 0 Å². The number of carbonyl (C=O) groups excluding carboxylic acids is 1. The van der Waals surface area contributed by atoms with Gasteiger partial charge in [-0.1, -0.05) is 18.2 Å². The van der Waals surface area contributed by atoms with E-state index in [1.807, 2.05) is 42.5 Å². The highest BCUT2D eigenvalue weighted by Crippen LogP contribution is 2.28. The Bertz CT molecular complexity index is 976. The first-order valence-electron chi connectivity index (χ1n) is 9.63. The SMILES string of the molecule is O=C(NC1CC2CCC(C1)N2)c1cc(-c2cccnc2)nc2ccccc12. The van der Waals surface area contributed by atoms with E-state index in [1.54, 1.807) is 12.4 Å². The minimum Gasteiger partial charge on any atom is -0.349 e. The second-order valence-corrected chi connectivity index (χ2v) is 7.59. The van der Waals surface area contributed by atoms with Gasteiger partial charge >= 0.3 is 0 Å². The number of aromatic nitrogens is 2. The van der Waals surface area contributed by atoms with Gasteiger partial charge in [0.15, 0.2) is 0 Å². The van der Waals surface area contributed by atoms with Gasteiger partial charge in [-0.25, -0.2) is 4.98 Å². The van der Waals surface area contributed by atoms with Crippen molar-refractivity contribution in [2.24, 2.45) is 0 Å². The number of piperidine rings is 1. The zero-order chi connectivity index (χ0) is 18.2. The molecule has 2 atom stereocenters. The smallest absolute Gasteiger partial charge is 0.252 e. The molecule has 5 rings (SSSR count). The lowest BCUT2D eigenvalue weighted by Crippen LogP contribution is -2.48. The lowest BCUT2D eigenvalue weighted by Gasteiger charge is -2.29. The van der Waals surface area contributed by atoms with Crippen LogP contribution in [0.15, 0.2) is 54.9 Å². The maximum absolute atomic E-state index is 13.2. The molecule has 2 aromatic heterocycles. The topological polar surface area (TPSA) is 66.9 Å². The van der Waals surface area contributed by atoms with Crippen LogP contribution in [0.3, 0.4) is 0 Å². The Balaban J connectivity index is 1.50. The molecule has 0 aliphatic carbocycles. The first kappa shape index (κ1) is 16.4. The number of nitrogens with one attached hydrogen (secondary N) is 2. The molecule has 1 aromatic carbocycles. The Morgan fingerprint density at radius 2 is 1.89 bits per heavy atom. The number of para-hydroxylation sites is 1. The van der Waals surface area contributed by atoms with Crippen LogP contribution in [0.5, 0.6) is 0 Å². The first-order chi connectivity index (χ1) is 13.3. The number of pyridine rings is 2. The number of carbonyl (C=O) groups is 1. The molecule has 5 heteroatoms. The Morgan fingerprint density at radius 3 is 2.67 bits per heavy atom. The molecule has 0 spiro atoms. The van der Waals surface area contributed by atoms with Gasteiger partial charge in [-0.15, -0.1) is 0 Å². The molecule has 3 aromatic rings. The van der Waals surface area contributed by atoms with Crippen LogP contribution in [0.25, 0.3) is 22.2 Å². The molecule has 2 aliphatic rings. The number of benzene rings is 1. The van der Waals surface area contributed by atoms with Gasteiger partial charge in [0.05, 0.1) is 16.8 Å². The Labute approximate surface area is 158 Å². The van der Waals surface area contributed by atoms with E-state index in [2.05, 4.69) is 15.6 Å². The van der Waals surface area contributed by atoms with Gasteiger partial charge < -0.3 is 10.6 Å². The summed E-state index contributed by atoms with van der Waals surface area (Å²) in [6, 6.07) is 14.9. The van der Waals surface area contributed by atoms with Gasteiger partial charge in [0.25, 0.3) is 5.91 Å². The summed E-state index contributed by atoms with van der Waals surface area (Å²) in [5.74, 6) is -0.00922. The van der Waals surface area contributed by atoms with Crippen molar-refractivity contribution < 1.29 is 4.79 Å². The number of rotatable bonds is 3. The minimum absolute atomic E-state index is 0.00922. The highest BCUT2D eigenvalue weighted by atomic mass is 16.1. The van der Waals surface area contributed by atoms with Crippen LogP contribution in [0.4, 0.5) is 0 Å². The van der Waals surface area contributed by atoms with Gasteiger partial charge in [0.2, 0.25) is 0 Å². The van der Waals surface area contributed by atoms with Crippen molar-refractivity contribution in [1.29, 1.82) is 0 Å². The minimum atomic E-state index is -0.00922. The summed E-state index contributed by atoms with van der Waals surface area (Å²) in [5.41, 5.74) is 3.20. The predicted octanol–water partition coefficient (Wildman–Crippen LogP) is 3.31. The normalized spacial score (nSPS) is 24.1. The third-order valence-corrected chi connectivity index (χ3v) is 5.73. The third kappa shape index (κ3) is 3.19. The number of fused-ring (bicyclic) bond motifs is 3. The molecule has 2 unspecified atom stereocenters. The maximum atomic E-state index is 13.2. The second kappa shape index (κ2) is 6.74. The van der Waals surface area contributed by atoms with E-state index < -0.39 is 0 Å². The number of hydrogen-bond acceptors (Lipinski definition) is 4. The largest absolute Gasteiger partial charge is 0.349 e. The monoisotopic (exact) mass is 358 g/mol. The first-order valence-corrected chi connectivity index (χ1v) is 9.63. The van der Waals surface area contributed by atoms with Crippen molar-refractivity contribution in [2.75, 3.05) is 0 Å². The van der Waals surface area contributed by atoms with Crippen LogP contribution in [0.1, 0.15) is 36.0 Å². The van der Waals surface area contributed by atoms with Crippen molar-refractivity contribution in [3.63, 3.8) is 0 Å². The highest BCUT2D eigenvalue weighted by molar-refractivity contribution is 6.07. The van der Waals surface area contributed by atoms with Crippen LogP contribution < -0.4 is 10.6 Å². The van der Waals surface area contributed by atoms with Crippen molar-refractivity contribution in [3.8, 4) is 11.3 Å². The van der Waals surface area contributed by atoms with Gasteiger partial charge in [-0.05, 0) is 49.9 Å². The summed E-state index contributed by atoms with van der Waals surface area (Å²) in [6.45, 7) is 0. The molecule has 0 saturated carbocycles. The zero-order valence-corrected chi connectivity index (χ0v) is 15.1. The summed E-state index contributed by atoms with van der Waals surface area (Å²) in [6.07, 6.45) is 8.00. The molecular weight excluding hydrogens is 336 g/mol. The molecule has 2 bridgehead atoms. The van der Waals surface area contributed by atoms with Gasteiger partial charge in [0, 0.05) is 41.5 Å². The quantitative estimate of drug-likeness (QED) is 0.754. The molecule has 27 heavy (non-hydrogen) atoms. The summed E-state index contributed by atoms with van der Waals surface area (Å²) >= 11 is 0.